The third-order valence-corrected chi connectivity index (χ3v) is 6.42. The van der Waals surface area contributed by atoms with Crippen molar-refractivity contribution in [2.45, 2.75) is 96.8 Å². The molecule has 4 nitrogen and oxygen atoms in total. The molecule has 2 rings (SSSR count). The van der Waals surface area contributed by atoms with Crippen LogP contribution < -0.4 is 15.4 Å². The lowest BCUT2D eigenvalue weighted by Crippen LogP contribution is -2.41. The first-order valence-electron chi connectivity index (χ1n) is 13.4. The van der Waals surface area contributed by atoms with E-state index in [0.717, 1.165) is 23.7 Å². The summed E-state index contributed by atoms with van der Waals surface area (Å²) in [7, 11) is 0. The fourth-order valence-electron chi connectivity index (χ4n) is 4.19. The van der Waals surface area contributed by atoms with Crippen LogP contribution in [0, 0.1) is 0 Å². The lowest BCUT2D eigenvalue weighted by Gasteiger charge is -2.11. The number of amides is 1. The zero-order valence-corrected chi connectivity index (χ0v) is 21.9. The maximum absolute atomic E-state index is 12.2. The summed E-state index contributed by atoms with van der Waals surface area (Å²) >= 11 is 5.24. The average molecular weight is 485 g/mol. The Hall–Kier alpha value is -2.14. The Morgan fingerprint density at radius 3 is 1.97 bits per heavy atom. The number of hydrogen-bond acceptors (Lipinski definition) is 3. The van der Waals surface area contributed by atoms with Crippen LogP contribution >= 0.6 is 12.2 Å². The molecule has 0 aromatic heterocycles. The van der Waals surface area contributed by atoms with E-state index in [0.29, 0.717) is 10.9 Å². The van der Waals surface area contributed by atoms with Crippen molar-refractivity contribution in [3.8, 4) is 5.75 Å². The van der Waals surface area contributed by atoms with E-state index in [1.54, 1.807) is 0 Å². The molecule has 0 bridgehead atoms. The summed E-state index contributed by atoms with van der Waals surface area (Å²) in [4.78, 5) is 12.2. The minimum atomic E-state index is -0.244. The Morgan fingerprint density at radius 2 is 1.32 bits per heavy atom. The van der Waals surface area contributed by atoms with Gasteiger partial charge in [0.25, 0.3) is 5.91 Å². The third kappa shape index (κ3) is 12.4. The highest BCUT2D eigenvalue weighted by molar-refractivity contribution is 7.80. The van der Waals surface area contributed by atoms with E-state index in [-0.39, 0.29) is 12.5 Å². The van der Waals surface area contributed by atoms with Crippen molar-refractivity contribution in [3.63, 3.8) is 0 Å². The largest absolute Gasteiger partial charge is 0.483 e. The molecule has 0 saturated carbocycles. The van der Waals surface area contributed by atoms with Crippen molar-refractivity contribution in [1.29, 1.82) is 0 Å². The number of benzene rings is 2. The second kappa shape index (κ2) is 18.2. The standard InChI is InChI=1S/C29H44N2O2S/c1-2-3-4-5-6-7-8-9-10-11-12-13-14-17-23-30-29(34)31-28(32)24-33-27-22-18-20-25-19-15-16-21-26(25)27/h15-16,18-22H,2-14,17,23-24H2,1H3,(H2,30,31,32,34). The molecule has 5 heteroatoms. The molecular formula is C29H44N2O2S. The van der Waals surface area contributed by atoms with Crippen molar-refractivity contribution in [3.05, 3.63) is 42.5 Å². The quantitative estimate of drug-likeness (QED) is 0.168. The van der Waals surface area contributed by atoms with E-state index >= 15 is 0 Å². The normalized spacial score (nSPS) is 10.9. The Bertz CT molecular complexity index is 834. The first-order chi connectivity index (χ1) is 16.7. The van der Waals surface area contributed by atoms with Crippen molar-refractivity contribution in [2.24, 2.45) is 0 Å². The third-order valence-electron chi connectivity index (χ3n) is 6.18. The van der Waals surface area contributed by atoms with Gasteiger partial charge in [0.15, 0.2) is 11.7 Å². The number of unbranched alkanes of at least 4 members (excludes halogenated alkanes) is 13. The van der Waals surface area contributed by atoms with E-state index in [9.17, 15) is 4.79 Å². The van der Waals surface area contributed by atoms with Crippen molar-refractivity contribution in [1.82, 2.24) is 10.6 Å². The topological polar surface area (TPSA) is 50.4 Å². The lowest BCUT2D eigenvalue weighted by atomic mass is 10.0. The Morgan fingerprint density at radius 1 is 0.765 bits per heavy atom. The fraction of sp³-hybridized carbons (Fsp3) is 0.586. The molecule has 0 aliphatic heterocycles. The number of rotatable bonds is 18. The molecule has 2 aromatic rings. The van der Waals surface area contributed by atoms with Crippen LogP contribution in [0.5, 0.6) is 5.75 Å². The van der Waals surface area contributed by atoms with Crippen molar-refractivity contribution in [2.75, 3.05) is 13.2 Å². The van der Waals surface area contributed by atoms with Gasteiger partial charge in [-0.1, -0.05) is 127 Å². The molecule has 0 saturated heterocycles. The number of hydrogen-bond donors (Lipinski definition) is 2. The van der Waals surface area contributed by atoms with Crippen LogP contribution in [-0.2, 0) is 4.79 Å². The molecule has 0 aliphatic rings. The molecular weight excluding hydrogens is 440 g/mol. The Kier molecular flexibility index (Phi) is 15.1. The molecule has 0 atom stereocenters. The van der Waals surface area contributed by atoms with E-state index in [4.69, 9.17) is 17.0 Å². The van der Waals surface area contributed by atoms with Gasteiger partial charge in [0.1, 0.15) is 5.75 Å². The molecule has 188 valence electrons. The summed E-state index contributed by atoms with van der Waals surface area (Å²) in [5.74, 6) is 0.459. The predicted molar refractivity (Wildman–Crippen MR) is 148 cm³/mol. The number of thiocarbonyl (C=S) groups is 1. The van der Waals surface area contributed by atoms with Gasteiger partial charge in [0, 0.05) is 11.9 Å². The van der Waals surface area contributed by atoms with Crippen LogP contribution in [-0.4, -0.2) is 24.2 Å². The molecule has 0 unspecified atom stereocenters. The van der Waals surface area contributed by atoms with Gasteiger partial charge in [0.2, 0.25) is 0 Å². The summed E-state index contributed by atoms with van der Waals surface area (Å²) in [6.07, 6.45) is 18.8. The molecule has 0 heterocycles. The van der Waals surface area contributed by atoms with Gasteiger partial charge in [-0.05, 0) is 30.1 Å². The first-order valence-corrected chi connectivity index (χ1v) is 13.8. The van der Waals surface area contributed by atoms with Gasteiger partial charge in [0.05, 0.1) is 0 Å². The Balaban J connectivity index is 1.41. The van der Waals surface area contributed by atoms with Crippen LogP contribution in [0.25, 0.3) is 10.8 Å². The van der Waals surface area contributed by atoms with Gasteiger partial charge in [-0.25, -0.2) is 0 Å². The van der Waals surface area contributed by atoms with E-state index in [1.807, 2.05) is 42.5 Å². The highest BCUT2D eigenvalue weighted by Gasteiger charge is 2.07. The van der Waals surface area contributed by atoms with Crippen LogP contribution in [0.1, 0.15) is 96.8 Å². The van der Waals surface area contributed by atoms with Gasteiger partial charge >= 0.3 is 0 Å². The fourth-order valence-corrected chi connectivity index (χ4v) is 4.41. The number of ether oxygens (including phenoxy) is 1. The summed E-state index contributed by atoms with van der Waals surface area (Å²) in [6, 6.07) is 13.8. The minimum absolute atomic E-state index is 0.0608. The number of carbonyl (C=O) groups is 1. The summed E-state index contributed by atoms with van der Waals surface area (Å²) in [5.41, 5.74) is 0. The van der Waals surface area contributed by atoms with Crippen molar-refractivity contribution < 1.29 is 9.53 Å². The molecule has 2 N–H and O–H groups in total. The minimum Gasteiger partial charge on any atom is -0.483 e. The van der Waals surface area contributed by atoms with Gasteiger partial charge in [-0.15, -0.1) is 0 Å². The van der Waals surface area contributed by atoms with E-state index in [2.05, 4.69) is 17.6 Å². The molecule has 0 radical (unpaired) electrons. The highest BCUT2D eigenvalue weighted by atomic mass is 32.1. The summed E-state index contributed by atoms with van der Waals surface area (Å²) < 4.78 is 5.71. The number of nitrogens with one attached hydrogen (secondary N) is 2. The molecule has 34 heavy (non-hydrogen) atoms. The second-order valence-corrected chi connectivity index (χ2v) is 9.57. The van der Waals surface area contributed by atoms with Crippen molar-refractivity contribution >= 4 is 34.0 Å². The molecule has 0 fully saturated rings. The lowest BCUT2D eigenvalue weighted by molar-refractivity contribution is -0.121. The SMILES string of the molecule is CCCCCCCCCCCCCCCCNC(=S)NC(=O)COc1cccc2ccccc12. The number of carbonyl (C=O) groups excluding carboxylic acids is 1. The zero-order valence-electron chi connectivity index (χ0n) is 21.1. The van der Waals surface area contributed by atoms with Gasteiger partial charge in [-0.3, -0.25) is 4.79 Å². The molecule has 0 aliphatic carbocycles. The highest BCUT2D eigenvalue weighted by Crippen LogP contribution is 2.24. The zero-order chi connectivity index (χ0) is 24.3. The van der Waals surface area contributed by atoms with E-state index < -0.39 is 0 Å². The van der Waals surface area contributed by atoms with Crippen LogP contribution in [0.15, 0.2) is 42.5 Å². The Labute approximate surface area is 212 Å². The smallest absolute Gasteiger partial charge is 0.264 e. The average Bonchev–Trinajstić information content (AvgIpc) is 2.85. The summed E-state index contributed by atoms with van der Waals surface area (Å²) in [5, 5.41) is 8.29. The van der Waals surface area contributed by atoms with Gasteiger partial charge in [-0.2, -0.15) is 0 Å². The second-order valence-electron chi connectivity index (χ2n) is 9.17. The van der Waals surface area contributed by atoms with Crippen LogP contribution in [0.4, 0.5) is 0 Å². The monoisotopic (exact) mass is 484 g/mol. The maximum atomic E-state index is 12.2. The van der Waals surface area contributed by atoms with Crippen LogP contribution in [0.3, 0.4) is 0 Å². The van der Waals surface area contributed by atoms with E-state index in [1.165, 1.54) is 83.5 Å². The first kappa shape index (κ1) is 28.1. The predicted octanol–water partition coefficient (Wildman–Crippen LogP) is 7.69. The number of fused-ring (bicyclic) bond motifs is 1. The van der Waals surface area contributed by atoms with Gasteiger partial charge < -0.3 is 15.4 Å². The maximum Gasteiger partial charge on any atom is 0.264 e. The van der Waals surface area contributed by atoms with Crippen LogP contribution in [0.2, 0.25) is 0 Å². The summed E-state index contributed by atoms with van der Waals surface area (Å²) in [6.45, 7) is 3.01. The molecule has 2 aromatic carbocycles. The molecule has 1 amide bonds. The molecule has 0 spiro atoms.